The molecule has 0 atom stereocenters. The summed E-state index contributed by atoms with van der Waals surface area (Å²) in [6.07, 6.45) is 0. The van der Waals surface area contributed by atoms with Crippen molar-refractivity contribution in [3.8, 4) is 62.0 Å². The standard InChI is InChI=1S/C51H32N4S/c1-4-14-33(15-5-1)34-24-26-35(27-25-34)43-32-44(54-50(53-43)38-18-8-3-9-19-38)36-28-30-39(31-29-36)55-45-23-13-11-21-41(45)47-46-40-20-10-12-22-42(40)52-48(49(46)56-51(47)55)37-16-6-2-7-17-37/h1-32H. The number of fused-ring (bicyclic) bond motifs is 7. The summed E-state index contributed by atoms with van der Waals surface area (Å²) < 4.78 is 3.62. The molecular weight excluding hydrogens is 701 g/mol. The lowest BCUT2D eigenvalue weighted by Gasteiger charge is -2.11. The number of para-hydroxylation sites is 2. The Morgan fingerprint density at radius 1 is 0.393 bits per heavy atom. The number of nitrogens with zero attached hydrogens (tertiary/aromatic N) is 4. The first-order valence-corrected chi connectivity index (χ1v) is 19.6. The number of aromatic nitrogens is 4. The van der Waals surface area contributed by atoms with E-state index in [1.807, 2.05) is 35.6 Å². The van der Waals surface area contributed by atoms with Crippen LogP contribution in [0.3, 0.4) is 0 Å². The first kappa shape index (κ1) is 32.2. The first-order chi connectivity index (χ1) is 27.8. The van der Waals surface area contributed by atoms with Gasteiger partial charge in [-0.2, -0.15) is 0 Å². The normalized spacial score (nSPS) is 11.6. The molecule has 0 aliphatic heterocycles. The van der Waals surface area contributed by atoms with Crippen molar-refractivity contribution in [2.45, 2.75) is 0 Å². The second kappa shape index (κ2) is 13.3. The Bertz CT molecular complexity index is 3200. The van der Waals surface area contributed by atoms with E-state index in [1.54, 1.807) is 0 Å². The number of rotatable bonds is 6. The molecule has 0 spiro atoms. The molecule has 0 saturated carbocycles. The van der Waals surface area contributed by atoms with E-state index in [0.717, 1.165) is 50.5 Å². The Balaban J connectivity index is 1.06. The molecule has 4 aromatic heterocycles. The third kappa shape index (κ3) is 5.40. The predicted molar refractivity (Wildman–Crippen MR) is 234 cm³/mol. The van der Waals surface area contributed by atoms with Crippen LogP contribution in [0.25, 0.3) is 104 Å². The summed E-state index contributed by atoms with van der Waals surface area (Å²) in [7, 11) is 0. The first-order valence-electron chi connectivity index (χ1n) is 18.8. The van der Waals surface area contributed by atoms with Crippen LogP contribution in [0.5, 0.6) is 0 Å². The van der Waals surface area contributed by atoms with Gasteiger partial charge in [-0.25, -0.2) is 15.0 Å². The Labute approximate surface area is 327 Å². The molecule has 262 valence electrons. The molecule has 0 saturated heterocycles. The van der Waals surface area contributed by atoms with Gasteiger partial charge in [-0.3, -0.25) is 0 Å². The maximum Gasteiger partial charge on any atom is 0.160 e. The van der Waals surface area contributed by atoms with E-state index in [4.69, 9.17) is 15.0 Å². The van der Waals surface area contributed by atoms with Crippen LogP contribution in [-0.4, -0.2) is 19.5 Å². The third-order valence-electron chi connectivity index (χ3n) is 10.6. The lowest BCUT2D eigenvalue weighted by Crippen LogP contribution is -1.97. The highest BCUT2D eigenvalue weighted by atomic mass is 32.1. The van der Waals surface area contributed by atoms with Crippen LogP contribution in [0.1, 0.15) is 0 Å². The molecule has 11 aromatic rings. The second-order valence-electron chi connectivity index (χ2n) is 14.0. The minimum absolute atomic E-state index is 0.702. The van der Waals surface area contributed by atoms with Crippen molar-refractivity contribution in [2.75, 3.05) is 0 Å². The van der Waals surface area contributed by atoms with Gasteiger partial charge >= 0.3 is 0 Å². The molecule has 0 aliphatic rings. The zero-order valence-corrected chi connectivity index (χ0v) is 31.0. The fraction of sp³-hybridized carbons (Fsp3) is 0. The molecule has 0 bridgehead atoms. The minimum atomic E-state index is 0.702. The fourth-order valence-electron chi connectivity index (χ4n) is 7.95. The molecule has 4 nitrogen and oxygen atoms in total. The van der Waals surface area contributed by atoms with E-state index in [9.17, 15) is 0 Å². The smallest absolute Gasteiger partial charge is 0.160 e. The topological polar surface area (TPSA) is 43.6 Å². The Morgan fingerprint density at radius 2 is 0.911 bits per heavy atom. The van der Waals surface area contributed by atoms with Crippen LogP contribution in [0.15, 0.2) is 194 Å². The number of hydrogen-bond donors (Lipinski definition) is 0. The quantitative estimate of drug-likeness (QED) is 0.171. The zero-order valence-electron chi connectivity index (χ0n) is 30.2. The minimum Gasteiger partial charge on any atom is -0.301 e. The summed E-state index contributed by atoms with van der Waals surface area (Å²) in [6.45, 7) is 0. The Hall–Kier alpha value is -7.21. The molecule has 7 aromatic carbocycles. The summed E-state index contributed by atoms with van der Waals surface area (Å²) in [5, 5.41) is 4.95. The predicted octanol–water partition coefficient (Wildman–Crippen LogP) is 13.7. The van der Waals surface area contributed by atoms with E-state index in [-0.39, 0.29) is 0 Å². The largest absolute Gasteiger partial charge is 0.301 e. The molecular formula is C51H32N4S. The summed E-state index contributed by atoms with van der Waals surface area (Å²) in [6, 6.07) is 68.1. The van der Waals surface area contributed by atoms with E-state index in [1.165, 1.54) is 47.7 Å². The third-order valence-corrected chi connectivity index (χ3v) is 11.8. The van der Waals surface area contributed by atoms with Crippen molar-refractivity contribution in [2.24, 2.45) is 0 Å². The lowest BCUT2D eigenvalue weighted by molar-refractivity contribution is 1.17. The van der Waals surface area contributed by atoms with Crippen molar-refractivity contribution in [3.05, 3.63) is 194 Å². The summed E-state index contributed by atoms with van der Waals surface area (Å²) in [4.78, 5) is 16.7. The van der Waals surface area contributed by atoms with Gasteiger partial charge < -0.3 is 4.57 Å². The highest BCUT2D eigenvalue weighted by molar-refractivity contribution is 7.26. The number of thiophene rings is 1. The molecule has 0 radical (unpaired) electrons. The molecule has 0 amide bonds. The molecule has 0 unspecified atom stereocenters. The van der Waals surface area contributed by atoms with Crippen LogP contribution in [0.4, 0.5) is 0 Å². The summed E-state index contributed by atoms with van der Waals surface area (Å²) in [5.74, 6) is 0.702. The van der Waals surface area contributed by atoms with Gasteiger partial charge in [-0.1, -0.05) is 164 Å². The van der Waals surface area contributed by atoms with Crippen molar-refractivity contribution >= 4 is 53.4 Å². The number of benzene rings is 7. The Kier molecular flexibility index (Phi) is 7.64. The highest BCUT2D eigenvalue weighted by Crippen LogP contribution is 2.47. The number of hydrogen-bond acceptors (Lipinski definition) is 4. The van der Waals surface area contributed by atoms with Crippen LogP contribution in [0.2, 0.25) is 0 Å². The van der Waals surface area contributed by atoms with Crippen LogP contribution in [-0.2, 0) is 0 Å². The van der Waals surface area contributed by atoms with E-state index < -0.39 is 0 Å². The van der Waals surface area contributed by atoms with Crippen LogP contribution < -0.4 is 0 Å². The molecule has 0 aliphatic carbocycles. The molecule has 5 heteroatoms. The molecule has 0 fully saturated rings. The molecule has 11 rings (SSSR count). The van der Waals surface area contributed by atoms with Crippen LogP contribution in [0, 0.1) is 0 Å². The van der Waals surface area contributed by atoms with Gasteiger partial charge in [-0.05, 0) is 41.5 Å². The number of pyridine rings is 1. The lowest BCUT2D eigenvalue weighted by atomic mass is 10.0. The average Bonchev–Trinajstić information content (AvgIpc) is 3.82. The molecule has 4 heterocycles. The molecule has 56 heavy (non-hydrogen) atoms. The second-order valence-corrected chi connectivity index (χ2v) is 15.0. The Morgan fingerprint density at radius 3 is 1.59 bits per heavy atom. The van der Waals surface area contributed by atoms with Crippen molar-refractivity contribution in [1.29, 1.82) is 0 Å². The van der Waals surface area contributed by atoms with Crippen molar-refractivity contribution < 1.29 is 0 Å². The maximum absolute atomic E-state index is 5.24. The monoisotopic (exact) mass is 732 g/mol. The highest BCUT2D eigenvalue weighted by Gasteiger charge is 2.22. The fourth-order valence-corrected chi connectivity index (χ4v) is 9.32. The van der Waals surface area contributed by atoms with Gasteiger partial charge in [0, 0.05) is 49.5 Å². The van der Waals surface area contributed by atoms with E-state index >= 15 is 0 Å². The van der Waals surface area contributed by atoms with Crippen molar-refractivity contribution in [1.82, 2.24) is 19.5 Å². The van der Waals surface area contributed by atoms with E-state index in [0.29, 0.717) is 5.82 Å². The average molecular weight is 733 g/mol. The van der Waals surface area contributed by atoms with Crippen LogP contribution >= 0.6 is 11.3 Å². The van der Waals surface area contributed by atoms with Crippen molar-refractivity contribution in [3.63, 3.8) is 0 Å². The van der Waals surface area contributed by atoms with Gasteiger partial charge in [0.05, 0.1) is 32.8 Å². The molecule has 0 N–H and O–H groups in total. The summed E-state index contributed by atoms with van der Waals surface area (Å²) >= 11 is 1.82. The maximum atomic E-state index is 5.24. The SMILES string of the molecule is c1ccc(-c2ccc(-c3cc(-c4ccc(-n5c6ccccc6c6c7c(sc65)c(-c5ccccc5)nc5ccccc57)cc4)nc(-c4ccccc4)n3)cc2)cc1. The van der Waals surface area contributed by atoms with Gasteiger partial charge in [0.2, 0.25) is 0 Å². The van der Waals surface area contributed by atoms with Gasteiger partial charge in [0.25, 0.3) is 0 Å². The summed E-state index contributed by atoms with van der Waals surface area (Å²) in [5.41, 5.74) is 12.6. The van der Waals surface area contributed by atoms with E-state index in [2.05, 4.69) is 174 Å². The van der Waals surface area contributed by atoms with Gasteiger partial charge in [0.1, 0.15) is 4.83 Å². The van der Waals surface area contributed by atoms with Gasteiger partial charge in [-0.15, -0.1) is 11.3 Å². The van der Waals surface area contributed by atoms with Gasteiger partial charge in [0.15, 0.2) is 5.82 Å². The zero-order chi connectivity index (χ0) is 37.0.